The first-order valence-corrected chi connectivity index (χ1v) is 7.12. The van der Waals surface area contributed by atoms with Crippen LogP contribution in [0.2, 0.25) is 0 Å². The van der Waals surface area contributed by atoms with Gasteiger partial charge in [0, 0.05) is 20.1 Å². The lowest BCUT2D eigenvalue weighted by atomic mass is 9.74. The first-order chi connectivity index (χ1) is 8.91. The van der Waals surface area contributed by atoms with Crippen molar-refractivity contribution in [3.8, 4) is 0 Å². The monoisotopic (exact) mass is 270 g/mol. The molecule has 0 heterocycles. The molecule has 1 rings (SSSR count). The molecule has 19 heavy (non-hydrogen) atoms. The average Bonchev–Trinajstić information content (AvgIpc) is 2.37. The van der Waals surface area contributed by atoms with Crippen LogP contribution < -0.4 is 5.32 Å². The highest BCUT2D eigenvalue weighted by atomic mass is 16.4. The molecule has 1 saturated carbocycles. The molecule has 0 aromatic carbocycles. The van der Waals surface area contributed by atoms with Gasteiger partial charge in [0.1, 0.15) is 0 Å². The summed E-state index contributed by atoms with van der Waals surface area (Å²) in [5.41, 5.74) is 0. The van der Waals surface area contributed by atoms with Crippen molar-refractivity contribution in [2.75, 3.05) is 20.1 Å². The second kappa shape index (κ2) is 7.36. The van der Waals surface area contributed by atoms with Crippen molar-refractivity contribution in [2.45, 2.75) is 39.5 Å². The summed E-state index contributed by atoms with van der Waals surface area (Å²) in [6.07, 6.45) is 3.68. The molecule has 2 N–H and O–H groups in total. The summed E-state index contributed by atoms with van der Waals surface area (Å²) < 4.78 is 0. The topological polar surface area (TPSA) is 69.6 Å². The summed E-state index contributed by atoms with van der Waals surface area (Å²) in [4.78, 5) is 23.7. The van der Waals surface area contributed by atoms with Gasteiger partial charge < -0.3 is 15.3 Å². The average molecular weight is 270 g/mol. The third-order valence-electron chi connectivity index (χ3n) is 4.40. The molecule has 2 amide bonds. The van der Waals surface area contributed by atoms with Crippen molar-refractivity contribution in [2.24, 2.45) is 17.8 Å². The summed E-state index contributed by atoms with van der Waals surface area (Å²) in [5.74, 6) is 1.02. The van der Waals surface area contributed by atoms with Gasteiger partial charge in [-0.1, -0.05) is 26.7 Å². The van der Waals surface area contributed by atoms with Gasteiger partial charge in [0.05, 0.1) is 6.42 Å². The zero-order valence-corrected chi connectivity index (χ0v) is 12.2. The number of carboxylic acids is 1. The zero-order chi connectivity index (χ0) is 14.4. The molecule has 0 bridgehead atoms. The minimum absolute atomic E-state index is 0.0131. The highest BCUT2D eigenvalue weighted by Gasteiger charge is 2.27. The number of carbonyl (C=O) groups is 2. The third-order valence-corrected chi connectivity index (χ3v) is 4.40. The van der Waals surface area contributed by atoms with E-state index in [1.807, 2.05) is 0 Å². The van der Waals surface area contributed by atoms with Crippen LogP contribution in [0.15, 0.2) is 0 Å². The van der Waals surface area contributed by atoms with Crippen LogP contribution in [0.3, 0.4) is 0 Å². The molecule has 0 aromatic rings. The van der Waals surface area contributed by atoms with Crippen molar-refractivity contribution < 1.29 is 14.7 Å². The Hall–Kier alpha value is -1.26. The molecule has 110 valence electrons. The van der Waals surface area contributed by atoms with Crippen molar-refractivity contribution in [3.63, 3.8) is 0 Å². The zero-order valence-electron chi connectivity index (χ0n) is 12.2. The Labute approximate surface area is 115 Å². The van der Waals surface area contributed by atoms with Gasteiger partial charge >= 0.3 is 12.0 Å². The number of urea groups is 1. The molecule has 0 aromatic heterocycles. The Morgan fingerprint density at radius 2 is 2.00 bits per heavy atom. The molecule has 3 unspecified atom stereocenters. The number of amides is 2. The van der Waals surface area contributed by atoms with Gasteiger partial charge in [-0.15, -0.1) is 0 Å². The molecule has 0 spiro atoms. The van der Waals surface area contributed by atoms with Gasteiger partial charge in [0.25, 0.3) is 0 Å². The molecule has 5 nitrogen and oxygen atoms in total. The number of carbonyl (C=O) groups excluding carboxylic acids is 1. The minimum atomic E-state index is -0.880. The maximum Gasteiger partial charge on any atom is 0.317 e. The summed E-state index contributed by atoms with van der Waals surface area (Å²) in [6.45, 7) is 5.48. The van der Waals surface area contributed by atoms with Crippen LogP contribution in [0, 0.1) is 17.8 Å². The number of hydrogen-bond acceptors (Lipinski definition) is 2. The highest BCUT2D eigenvalue weighted by molar-refractivity contribution is 5.74. The standard InChI is InChI=1S/C14H26N2O3/c1-10-5-4-6-12(11(10)2)9-15-14(19)16(3)8-7-13(17)18/h10-12H,4-9H2,1-3H3,(H,15,19)(H,17,18). The fraction of sp³-hybridized carbons (Fsp3) is 0.857. The van der Waals surface area contributed by atoms with E-state index in [0.717, 1.165) is 5.92 Å². The summed E-state index contributed by atoms with van der Waals surface area (Å²) in [6, 6.07) is -0.174. The number of nitrogens with one attached hydrogen (secondary N) is 1. The van der Waals surface area contributed by atoms with Gasteiger partial charge in [-0.3, -0.25) is 4.79 Å². The predicted molar refractivity (Wildman–Crippen MR) is 74.0 cm³/mol. The molecule has 1 aliphatic carbocycles. The van der Waals surface area contributed by atoms with E-state index in [4.69, 9.17) is 5.11 Å². The Bertz CT molecular complexity index is 320. The Morgan fingerprint density at radius 1 is 1.32 bits per heavy atom. The quantitative estimate of drug-likeness (QED) is 0.804. The number of carboxylic acid groups (broad SMARTS) is 1. The minimum Gasteiger partial charge on any atom is -0.481 e. The normalized spacial score (nSPS) is 26.8. The van der Waals surface area contributed by atoms with Crippen LogP contribution >= 0.6 is 0 Å². The van der Waals surface area contributed by atoms with E-state index in [2.05, 4.69) is 19.2 Å². The van der Waals surface area contributed by atoms with Gasteiger partial charge in [-0.25, -0.2) is 4.79 Å². The first-order valence-electron chi connectivity index (χ1n) is 7.12. The molecule has 3 atom stereocenters. The highest BCUT2D eigenvalue weighted by Crippen LogP contribution is 2.33. The first kappa shape index (κ1) is 15.8. The van der Waals surface area contributed by atoms with Gasteiger partial charge in [-0.2, -0.15) is 0 Å². The second-order valence-electron chi connectivity index (χ2n) is 5.78. The molecule has 1 fully saturated rings. The van der Waals surface area contributed by atoms with E-state index < -0.39 is 5.97 Å². The van der Waals surface area contributed by atoms with Crippen molar-refractivity contribution >= 4 is 12.0 Å². The Balaban J connectivity index is 2.30. The number of aliphatic carboxylic acids is 1. The van der Waals surface area contributed by atoms with Gasteiger partial charge in [0.15, 0.2) is 0 Å². The van der Waals surface area contributed by atoms with Gasteiger partial charge in [-0.05, 0) is 24.2 Å². The lowest BCUT2D eigenvalue weighted by Gasteiger charge is -2.34. The molecular weight excluding hydrogens is 244 g/mol. The summed E-state index contributed by atoms with van der Waals surface area (Å²) in [7, 11) is 1.63. The van der Waals surface area contributed by atoms with Crippen LogP contribution in [0.1, 0.15) is 39.5 Å². The summed E-state index contributed by atoms with van der Waals surface area (Å²) >= 11 is 0. The fourth-order valence-electron chi connectivity index (χ4n) is 2.70. The van der Waals surface area contributed by atoms with Crippen LogP contribution in [0.25, 0.3) is 0 Å². The third kappa shape index (κ3) is 5.09. The molecule has 5 heteroatoms. The van der Waals surface area contributed by atoms with E-state index in [1.165, 1.54) is 24.2 Å². The largest absolute Gasteiger partial charge is 0.481 e. The molecule has 0 saturated heterocycles. The molecule has 0 radical (unpaired) electrons. The second-order valence-corrected chi connectivity index (χ2v) is 5.78. The van der Waals surface area contributed by atoms with Crippen molar-refractivity contribution in [3.05, 3.63) is 0 Å². The van der Waals surface area contributed by atoms with E-state index in [1.54, 1.807) is 7.05 Å². The lowest BCUT2D eigenvalue weighted by molar-refractivity contribution is -0.137. The Kier molecular flexibility index (Phi) is 6.12. The van der Waals surface area contributed by atoms with Crippen molar-refractivity contribution in [1.29, 1.82) is 0 Å². The molecule has 0 aliphatic heterocycles. The van der Waals surface area contributed by atoms with E-state index in [0.29, 0.717) is 18.4 Å². The summed E-state index contributed by atoms with van der Waals surface area (Å²) in [5, 5.41) is 11.5. The molecule has 1 aliphatic rings. The van der Waals surface area contributed by atoms with Crippen LogP contribution in [-0.4, -0.2) is 42.1 Å². The SMILES string of the molecule is CC1CCCC(CNC(=O)N(C)CCC(=O)O)C1C. The van der Waals surface area contributed by atoms with E-state index >= 15 is 0 Å². The predicted octanol–water partition coefficient (Wildman–Crippen LogP) is 2.17. The van der Waals surface area contributed by atoms with E-state index in [-0.39, 0.29) is 19.0 Å². The maximum absolute atomic E-state index is 11.8. The lowest BCUT2D eigenvalue weighted by Crippen LogP contribution is -2.42. The molecular formula is C14H26N2O3. The Morgan fingerprint density at radius 3 is 2.63 bits per heavy atom. The number of rotatable bonds is 5. The fourth-order valence-corrected chi connectivity index (χ4v) is 2.70. The van der Waals surface area contributed by atoms with E-state index in [9.17, 15) is 9.59 Å². The number of nitrogens with zero attached hydrogens (tertiary/aromatic N) is 1. The van der Waals surface area contributed by atoms with Gasteiger partial charge in [0.2, 0.25) is 0 Å². The van der Waals surface area contributed by atoms with Crippen LogP contribution in [0.5, 0.6) is 0 Å². The maximum atomic E-state index is 11.8. The van der Waals surface area contributed by atoms with Crippen LogP contribution in [-0.2, 0) is 4.79 Å². The smallest absolute Gasteiger partial charge is 0.317 e. The van der Waals surface area contributed by atoms with Crippen LogP contribution in [0.4, 0.5) is 4.79 Å². The number of hydrogen-bond donors (Lipinski definition) is 2. The van der Waals surface area contributed by atoms with Crippen molar-refractivity contribution in [1.82, 2.24) is 10.2 Å².